The lowest BCUT2D eigenvalue weighted by Crippen LogP contribution is -2.24. The Hall–Kier alpha value is -1.75. The van der Waals surface area contributed by atoms with Gasteiger partial charge in [-0.2, -0.15) is 0 Å². The van der Waals surface area contributed by atoms with Crippen LogP contribution >= 0.6 is 0 Å². The Bertz CT molecular complexity index is 400. The molecule has 1 aliphatic rings. The van der Waals surface area contributed by atoms with Gasteiger partial charge in [-0.3, -0.25) is 14.7 Å². The number of nitrogens with two attached hydrogens (primary N) is 1. The van der Waals surface area contributed by atoms with E-state index in [0.29, 0.717) is 17.9 Å². The van der Waals surface area contributed by atoms with E-state index in [9.17, 15) is 4.79 Å². The first-order valence-corrected chi connectivity index (χ1v) is 5.24. The maximum Gasteiger partial charge on any atom is 0.253 e. The summed E-state index contributed by atoms with van der Waals surface area (Å²) < 4.78 is 0. The van der Waals surface area contributed by atoms with Gasteiger partial charge >= 0.3 is 0 Å². The van der Waals surface area contributed by atoms with E-state index in [4.69, 9.17) is 10.6 Å². The third-order valence-electron chi connectivity index (χ3n) is 2.51. The van der Waals surface area contributed by atoms with Crippen LogP contribution in [0.1, 0.15) is 16.8 Å². The Morgan fingerprint density at radius 1 is 1.56 bits per heavy atom. The van der Waals surface area contributed by atoms with Crippen molar-refractivity contribution in [1.82, 2.24) is 5.32 Å². The summed E-state index contributed by atoms with van der Waals surface area (Å²) in [5, 5.41) is 4.33. The molecule has 5 nitrogen and oxygen atoms in total. The van der Waals surface area contributed by atoms with E-state index in [2.05, 4.69) is 5.32 Å². The van der Waals surface area contributed by atoms with E-state index in [1.807, 2.05) is 0 Å². The van der Waals surface area contributed by atoms with Gasteiger partial charge in [0.05, 0.1) is 17.9 Å². The average Bonchev–Trinajstić information content (AvgIpc) is 2.81. The predicted octanol–water partition coefficient (Wildman–Crippen LogP) is 0.770. The molecule has 0 radical (unpaired) electrons. The van der Waals surface area contributed by atoms with Crippen LogP contribution in [0.5, 0.6) is 0 Å². The van der Waals surface area contributed by atoms with Crippen LogP contribution in [-0.2, 0) is 4.84 Å². The van der Waals surface area contributed by atoms with Gasteiger partial charge in [0.2, 0.25) is 0 Å². The first-order valence-electron chi connectivity index (χ1n) is 5.24. The van der Waals surface area contributed by atoms with Gasteiger partial charge < -0.3 is 11.1 Å². The van der Waals surface area contributed by atoms with Gasteiger partial charge in [0, 0.05) is 19.3 Å². The number of rotatable bonds is 2. The van der Waals surface area contributed by atoms with E-state index in [1.54, 1.807) is 30.3 Å². The average molecular weight is 221 g/mol. The van der Waals surface area contributed by atoms with E-state index in [1.165, 1.54) is 0 Å². The predicted molar refractivity (Wildman–Crippen MR) is 62.2 cm³/mol. The van der Waals surface area contributed by atoms with Crippen LogP contribution in [0, 0.1) is 0 Å². The molecule has 1 fully saturated rings. The molecule has 1 heterocycles. The quantitative estimate of drug-likeness (QED) is 0.724. The lowest BCUT2D eigenvalue weighted by Gasteiger charge is -2.19. The molecule has 1 aromatic rings. The molecule has 0 unspecified atom stereocenters. The highest BCUT2D eigenvalue weighted by atomic mass is 16.7. The fourth-order valence-electron chi connectivity index (χ4n) is 1.72. The van der Waals surface area contributed by atoms with E-state index in [-0.39, 0.29) is 5.91 Å². The highest BCUT2D eigenvalue weighted by Crippen LogP contribution is 2.26. The summed E-state index contributed by atoms with van der Waals surface area (Å²) in [4.78, 5) is 17.1. The molecule has 0 aliphatic carbocycles. The molecule has 1 amide bonds. The van der Waals surface area contributed by atoms with Crippen molar-refractivity contribution in [3.05, 3.63) is 23.8 Å². The Morgan fingerprint density at radius 3 is 3.00 bits per heavy atom. The van der Waals surface area contributed by atoms with Crippen molar-refractivity contribution in [1.29, 1.82) is 0 Å². The summed E-state index contributed by atoms with van der Waals surface area (Å²) in [7, 11) is 1.60. The number of nitrogens with one attached hydrogen (secondary N) is 1. The number of anilines is 2. The molecule has 1 saturated heterocycles. The molecule has 0 spiro atoms. The van der Waals surface area contributed by atoms with Gasteiger partial charge in [0.15, 0.2) is 0 Å². The number of hydrogen-bond acceptors (Lipinski definition) is 4. The molecule has 5 heteroatoms. The third kappa shape index (κ3) is 1.94. The Morgan fingerprint density at radius 2 is 2.38 bits per heavy atom. The van der Waals surface area contributed by atoms with Crippen LogP contribution in [0.25, 0.3) is 0 Å². The third-order valence-corrected chi connectivity index (χ3v) is 2.51. The normalized spacial score (nSPS) is 15.2. The smallest absolute Gasteiger partial charge is 0.253 e. The summed E-state index contributed by atoms with van der Waals surface area (Å²) >= 11 is 0. The van der Waals surface area contributed by atoms with Crippen molar-refractivity contribution in [2.45, 2.75) is 6.42 Å². The van der Waals surface area contributed by atoms with Crippen molar-refractivity contribution < 1.29 is 9.63 Å². The van der Waals surface area contributed by atoms with Gasteiger partial charge in [0.25, 0.3) is 5.91 Å². The van der Waals surface area contributed by atoms with Crippen LogP contribution in [-0.4, -0.2) is 26.1 Å². The zero-order valence-electron chi connectivity index (χ0n) is 9.19. The lowest BCUT2D eigenvalue weighted by molar-refractivity contribution is 0.0960. The number of carbonyl (C=O) groups excluding carboxylic acids is 1. The van der Waals surface area contributed by atoms with Gasteiger partial charge in [0.1, 0.15) is 0 Å². The summed E-state index contributed by atoms with van der Waals surface area (Å²) in [6.07, 6.45) is 0.960. The van der Waals surface area contributed by atoms with Crippen molar-refractivity contribution in [2.75, 3.05) is 31.0 Å². The molecule has 16 heavy (non-hydrogen) atoms. The largest absolute Gasteiger partial charge is 0.399 e. The minimum Gasteiger partial charge on any atom is -0.399 e. The topological polar surface area (TPSA) is 67.6 Å². The molecular weight excluding hydrogens is 206 g/mol. The number of benzene rings is 1. The van der Waals surface area contributed by atoms with Crippen LogP contribution in [0.15, 0.2) is 18.2 Å². The van der Waals surface area contributed by atoms with Gasteiger partial charge in [-0.25, -0.2) is 0 Å². The first kappa shape index (κ1) is 10.8. The number of amides is 1. The van der Waals surface area contributed by atoms with E-state index < -0.39 is 0 Å². The minimum atomic E-state index is -0.134. The molecule has 2 rings (SSSR count). The van der Waals surface area contributed by atoms with Crippen LogP contribution in [0.2, 0.25) is 0 Å². The van der Waals surface area contributed by atoms with E-state index in [0.717, 1.165) is 18.7 Å². The van der Waals surface area contributed by atoms with Crippen LogP contribution < -0.4 is 16.1 Å². The molecule has 0 atom stereocenters. The molecule has 1 aromatic carbocycles. The Balaban J connectivity index is 2.39. The SMILES string of the molecule is CNC(=O)c1ccc(N)cc1N1CCCO1. The van der Waals surface area contributed by atoms with Crippen molar-refractivity contribution in [2.24, 2.45) is 0 Å². The molecule has 3 N–H and O–H groups in total. The molecular formula is C11H15N3O2. The van der Waals surface area contributed by atoms with Crippen molar-refractivity contribution in [3.63, 3.8) is 0 Å². The first-order chi connectivity index (χ1) is 7.72. The molecule has 86 valence electrons. The monoisotopic (exact) mass is 221 g/mol. The molecule has 0 aromatic heterocycles. The van der Waals surface area contributed by atoms with Crippen molar-refractivity contribution in [3.8, 4) is 0 Å². The number of hydroxylamine groups is 1. The zero-order chi connectivity index (χ0) is 11.5. The summed E-state index contributed by atoms with van der Waals surface area (Å²) in [6.45, 7) is 1.47. The Labute approximate surface area is 94.1 Å². The van der Waals surface area contributed by atoms with Crippen LogP contribution in [0.3, 0.4) is 0 Å². The van der Waals surface area contributed by atoms with Gasteiger partial charge in [-0.1, -0.05) is 0 Å². The Kier molecular flexibility index (Phi) is 2.96. The molecule has 0 saturated carbocycles. The highest BCUT2D eigenvalue weighted by Gasteiger charge is 2.20. The maximum absolute atomic E-state index is 11.7. The fraction of sp³-hybridized carbons (Fsp3) is 0.364. The number of hydrogen-bond donors (Lipinski definition) is 2. The maximum atomic E-state index is 11.7. The summed E-state index contributed by atoms with van der Waals surface area (Å²) in [6, 6.07) is 5.19. The second kappa shape index (κ2) is 4.40. The fourth-order valence-corrected chi connectivity index (χ4v) is 1.72. The molecule has 1 aliphatic heterocycles. The number of carbonyl (C=O) groups is 1. The second-order valence-corrected chi connectivity index (χ2v) is 3.64. The van der Waals surface area contributed by atoms with Gasteiger partial charge in [-0.05, 0) is 24.6 Å². The zero-order valence-corrected chi connectivity index (χ0v) is 9.19. The lowest BCUT2D eigenvalue weighted by atomic mass is 10.1. The summed E-state index contributed by atoms with van der Waals surface area (Å²) in [5.74, 6) is -0.134. The van der Waals surface area contributed by atoms with Crippen molar-refractivity contribution >= 4 is 17.3 Å². The van der Waals surface area contributed by atoms with Gasteiger partial charge in [-0.15, -0.1) is 0 Å². The molecule has 0 bridgehead atoms. The number of nitrogens with zero attached hydrogens (tertiary/aromatic N) is 1. The van der Waals surface area contributed by atoms with Crippen LogP contribution in [0.4, 0.5) is 11.4 Å². The number of nitrogen functional groups attached to an aromatic ring is 1. The highest BCUT2D eigenvalue weighted by molar-refractivity contribution is 6.00. The summed E-state index contributed by atoms with van der Waals surface area (Å²) in [5.41, 5.74) is 7.66. The van der Waals surface area contributed by atoms with E-state index >= 15 is 0 Å². The standard InChI is InChI=1S/C11H15N3O2/c1-13-11(15)9-4-3-8(12)7-10(9)14-5-2-6-16-14/h3-4,7H,2,5-6,12H2,1H3,(H,13,15). The minimum absolute atomic E-state index is 0.134. The second-order valence-electron chi connectivity index (χ2n) is 3.64.